The first-order valence-corrected chi connectivity index (χ1v) is 7.25. The molecule has 2 N–H and O–H groups in total. The molecule has 0 aromatic carbocycles. The van der Waals surface area contributed by atoms with E-state index in [4.69, 9.17) is 5.11 Å². The fourth-order valence-corrected chi connectivity index (χ4v) is 2.31. The van der Waals surface area contributed by atoms with Crippen molar-refractivity contribution in [3.05, 3.63) is 22.3 Å². The Labute approximate surface area is 124 Å². The van der Waals surface area contributed by atoms with Crippen LogP contribution in [0.3, 0.4) is 0 Å². The molecule has 1 unspecified atom stereocenters. The van der Waals surface area contributed by atoms with Crippen molar-refractivity contribution < 1.29 is 18.3 Å². The van der Waals surface area contributed by atoms with Gasteiger partial charge >= 0.3 is 6.18 Å². The lowest BCUT2D eigenvalue weighted by atomic mass is 10.0. The quantitative estimate of drug-likeness (QED) is 0.775. The number of alkyl halides is 3. The van der Waals surface area contributed by atoms with E-state index in [2.05, 4.69) is 26.2 Å². The van der Waals surface area contributed by atoms with Crippen molar-refractivity contribution >= 4 is 21.7 Å². The molecule has 0 spiro atoms. The van der Waals surface area contributed by atoms with Gasteiger partial charge in [0.15, 0.2) is 0 Å². The van der Waals surface area contributed by atoms with E-state index in [1.807, 2.05) is 6.92 Å². The molecular weight excluding hydrogens is 337 g/mol. The summed E-state index contributed by atoms with van der Waals surface area (Å²) >= 11 is 3.00. The minimum atomic E-state index is -4.45. The highest BCUT2D eigenvalue weighted by atomic mass is 79.9. The van der Waals surface area contributed by atoms with Gasteiger partial charge in [0, 0.05) is 23.8 Å². The second-order valence-corrected chi connectivity index (χ2v) is 5.51. The van der Waals surface area contributed by atoms with Crippen LogP contribution in [0.25, 0.3) is 0 Å². The van der Waals surface area contributed by atoms with Crippen molar-refractivity contribution in [2.75, 3.05) is 18.5 Å². The van der Waals surface area contributed by atoms with E-state index in [-0.39, 0.29) is 22.8 Å². The third kappa shape index (κ3) is 5.28. The summed E-state index contributed by atoms with van der Waals surface area (Å²) in [6.45, 7) is 2.40. The second kappa shape index (κ2) is 7.83. The van der Waals surface area contributed by atoms with Crippen LogP contribution in [-0.2, 0) is 6.18 Å². The number of rotatable bonds is 7. The van der Waals surface area contributed by atoms with Gasteiger partial charge in [-0.15, -0.1) is 0 Å². The maximum atomic E-state index is 12.9. The van der Waals surface area contributed by atoms with Gasteiger partial charge < -0.3 is 10.4 Å². The molecule has 0 fully saturated rings. The Morgan fingerprint density at radius 2 is 2.10 bits per heavy atom. The van der Waals surface area contributed by atoms with Crippen molar-refractivity contribution in [1.29, 1.82) is 0 Å². The van der Waals surface area contributed by atoms with Crippen LogP contribution in [0.2, 0.25) is 0 Å². The van der Waals surface area contributed by atoms with E-state index in [0.29, 0.717) is 13.0 Å². The van der Waals surface area contributed by atoms with Crippen molar-refractivity contribution in [2.45, 2.75) is 32.4 Å². The van der Waals surface area contributed by atoms with Crippen molar-refractivity contribution in [3.8, 4) is 0 Å². The van der Waals surface area contributed by atoms with Crippen LogP contribution in [0.15, 0.2) is 16.7 Å². The van der Waals surface area contributed by atoms with E-state index in [1.54, 1.807) is 0 Å². The Balaban J connectivity index is 2.81. The molecule has 1 rings (SSSR count). The predicted octanol–water partition coefficient (Wildman–Crippen LogP) is 4.07. The van der Waals surface area contributed by atoms with Gasteiger partial charge in [-0.25, -0.2) is 4.98 Å². The molecule has 0 radical (unpaired) electrons. The molecule has 7 heteroatoms. The Hall–Kier alpha value is -0.820. The van der Waals surface area contributed by atoms with Crippen molar-refractivity contribution in [3.63, 3.8) is 0 Å². The fraction of sp³-hybridized carbons (Fsp3) is 0.615. The van der Waals surface area contributed by atoms with Crippen LogP contribution in [0.5, 0.6) is 0 Å². The number of anilines is 1. The Morgan fingerprint density at radius 1 is 1.40 bits per heavy atom. The van der Waals surface area contributed by atoms with Crippen molar-refractivity contribution in [1.82, 2.24) is 4.98 Å². The smallest absolute Gasteiger partial charge is 0.396 e. The van der Waals surface area contributed by atoms with Gasteiger partial charge in [-0.2, -0.15) is 13.2 Å². The minimum absolute atomic E-state index is 0.0340. The van der Waals surface area contributed by atoms with Gasteiger partial charge in [-0.3, -0.25) is 0 Å². The number of hydrogen-bond acceptors (Lipinski definition) is 3. The number of aliphatic hydroxyl groups excluding tert-OH is 1. The van der Waals surface area contributed by atoms with E-state index >= 15 is 0 Å². The second-order valence-electron chi connectivity index (χ2n) is 4.60. The van der Waals surface area contributed by atoms with Crippen molar-refractivity contribution in [2.24, 2.45) is 5.92 Å². The third-order valence-corrected chi connectivity index (χ3v) is 3.39. The normalized spacial score (nSPS) is 13.3. The number of aliphatic hydroxyl groups is 1. The predicted molar refractivity (Wildman–Crippen MR) is 75.5 cm³/mol. The van der Waals surface area contributed by atoms with Crippen LogP contribution >= 0.6 is 15.9 Å². The summed E-state index contributed by atoms with van der Waals surface area (Å²) in [6.07, 6.45) is -0.773. The summed E-state index contributed by atoms with van der Waals surface area (Å²) in [4.78, 5) is 3.80. The Kier molecular flexibility index (Phi) is 6.75. The standard InChI is InChI=1S/C13H18BrF3N2O/c1-2-3-9(4-5-20)7-18-12-11(13(15,16)17)6-10(14)8-19-12/h6,8-9,20H,2-5,7H2,1H3,(H,18,19). The first-order chi connectivity index (χ1) is 9.38. The fourth-order valence-electron chi connectivity index (χ4n) is 1.98. The summed E-state index contributed by atoms with van der Waals surface area (Å²) in [5.41, 5.74) is -0.786. The average molecular weight is 355 g/mol. The molecule has 114 valence electrons. The molecule has 1 aromatic heterocycles. The topological polar surface area (TPSA) is 45.1 Å². The zero-order valence-electron chi connectivity index (χ0n) is 11.2. The molecule has 0 bridgehead atoms. The molecule has 0 amide bonds. The average Bonchev–Trinajstić information content (AvgIpc) is 2.36. The highest BCUT2D eigenvalue weighted by Gasteiger charge is 2.34. The number of nitrogens with zero attached hydrogens (tertiary/aromatic N) is 1. The molecule has 0 saturated carbocycles. The number of halogens is 4. The van der Waals surface area contributed by atoms with Gasteiger partial charge in [0.05, 0.1) is 5.56 Å². The first kappa shape index (κ1) is 17.2. The zero-order valence-corrected chi connectivity index (χ0v) is 12.8. The molecule has 1 atom stereocenters. The van der Waals surface area contributed by atoms with Crippen LogP contribution in [0.1, 0.15) is 31.7 Å². The lowest BCUT2D eigenvalue weighted by Crippen LogP contribution is -2.19. The maximum absolute atomic E-state index is 12.9. The highest BCUT2D eigenvalue weighted by Crippen LogP contribution is 2.35. The van der Waals surface area contributed by atoms with E-state index in [9.17, 15) is 13.2 Å². The lowest BCUT2D eigenvalue weighted by Gasteiger charge is -2.18. The SMILES string of the molecule is CCCC(CCO)CNc1ncc(Br)cc1C(F)(F)F. The zero-order chi connectivity index (χ0) is 15.2. The van der Waals surface area contributed by atoms with Crippen LogP contribution in [0, 0.1) is 5.92 Å². The van der Waals surface area contributed by atoms with Gasteiger partial charge in [0.25, 0.3) is 0 Å². The summed E-state index contributed by atoms with van der Waals surface area (Å²) < 4.78 is 39.0. The molecule has 0 aliphatic rings. The summed E-state index contributed by atoms with van der Waals surface area (Å²) in [5, 5.41) is 11.7. The number of hydrogen-bond donors (Lipinski definition) is 2. The number of aromatic nitrogens is 1. The van der Waals surface area contributed by atoms with E-state index in [0.717, 1.165) is 18.9 Å². The van der Waals surface area contributed by atoms with E-state index in [1.165, 1.54) is 6.20 Å². The summed E-state index contributed by atoms with van der Waals surface area (Å²) in [5.74, 6) is -0.0312. The Bertz CT molecular complexity index is 421. The lowest BCUT2D eigenvalue weighted by molar-refractivity contribution is -0.137. The van der Waals surface area contributed by atoms with E-state index < -0.39 is 11.7 Å². The van der Waals surface area contributed by atoms with Crippen LogP contribution in [-0.4, -0.2) is 23.2 Å². The molecule has 20 heavy (non-hydrogen) atoms. The maximum Gasteiger partial charge on any atom is 0.419 e. The summed E-state index contributed by atoms with van der Waals surface area (Å²) in [6, 6.07) is 1.01. The number of pyridine rings is 1. The molecule has 0 aliphatic heterocycles. The third-order valence-electron chi connectivity index (χ3n) is 2.95. The van der Waals surface area contributed by atoms with Gasteiger partial charge in [-0.1, -0.05) is 13.3 Å². The molecule has 1 aromatic rings. The largest absolute Gasteiger partial charge is 0.419 e. The van der Waals surface area contributed by atoms with Gasteiger partial charge in [-0.05, 0) is 40.8 Å². The van der Waals surface area contributed by atoms with Gasteiger partial charge in [0.1, 0.15) is 5.82 Å². The summed E-state index contributed by atoms with van der Waals surface area (Å²) in [7, 11) is 0. The number of nitrogens with one attached hydrogen (secondary N) is 1. The monoisotopic (exact) mass is 354 g/mol. The minimum Gasteiger partial charge on any atom is -0.396 e. The molecule has 3 nitrogen and oxygen atoms in total. The van der Waals surface area contributed by atoms with Crippen LogP contribution in [0.4, 0.5) is 19.0 Å². The molecule has 0 aliphatic carbocycles. The van der Waals surface area contributed by atoms with Crippen LogP contribution < -0.4 is 5.32 Å². The Morgan fingerprint density at radius 3 is 2.65 bits per heavy atom. The highest BCUT2D eigenvalue weighted by molar-refractivity contribution is 9.10. The molecule has 0 saturated heterocycles. The van der Waals surface area contributed by atoms with Gasteiger partial charge in [0.2, 0.25) is 0 Å². The molecule has 1 heterocycles. The molecular formula is C13H18BrF3N2O. The first-order valence-electron chi connectivity index (χ1n) is 6.46.